The molecule has 3 heteroatoms. The first-order valence-electron chi connectivity index (χ1n) is 5.42. The number of hydrogen-bond donors (Lipinski definition) is 1. The molecule has 2 heterocycles. The molecule has 0 spiro atoms. The van der Waals surface area contributed by atoms with Crippen molar-refractivity contribution in [1.82, 2.24) is 10.2 Å². The molecule has 76 valence electrons. The van der Waals surface area contributed by atoms with Crippen LogP contribution in [0.2, 0.25) is 0 Å². The highest BCUT2D eigenvalue weighted by atomic mass is 16.5. The molecule has 2 aliphatic heterocycles. The van der Waals surface area contributed by atoms with Crippen LogP contribution in [0.15, 0.2) is 0 Å². The van der Waals surface area contributed by atoms with E-state index in [-0.39, 0.29) is 0 Å². The molecule has 2 aliphatic rings. The molecule has 2 unspecified atom stereocenters. The molecule has 2 rings (SSSR count). The van der Waals surface area contributed by atoms with E-state index in [1.54, 1.807) is 0 Å². The number of rotatable bonds is 1. The minimum absolute atomic E-state index is 0.427. The maximum absolute atomic E-state index is 5.54. The largest absolute Gasteiger partial charge is 0.376 e. The van der Waals surface area contributed by atoms with Gasteiger partial charge in [0.05, 0.1) is 12.7 Å². The average molecular weight is 184 g/mol. The summed E-state index contributed by atoms with van der Waals surface area (Å²) in [6.45, 7) is 7.70. The summed E-state index contributed by atoms with van der Waals surface area (Å²) in [5.41, 5.74) is 0. The van der Waals surface area contributed by atoms with Gasteiger partial charge in [-0.05, 0) is 26.3 Å². The molecule has 0 bridgehead atoms. The zero-order chi connectivity index (χ0) is 9.10. The van der Waals surface area contributed by atoms with Crippen LogP contribution < -0.4 is 5.32 Å². The van der Waals surface area contributed by atoms with E-state index in [0.717, 1.165) is 25.7 Å². The third-order valence-electron chi connectivity index (χ3n) is 3.06. The molecule has 2 atom stereocenters. The topological polar surface area (TPSA) is 24.5 Å². The average Bonchev–Trinajstić information content (AvgIpc) is 2.19. The molecule has 3 nitrogen and oxygen atoms in total. The summed E-state index contributed by atoms with van der Waals surface area (Å²) in [5, 5.41) is 3.46. The fraction of sp³-hybridized carbons (Fsp3) is 1.00. The van der Waals surface area contributed by atoms with Crippen LogP contribution in [0, 0.1) is 0 Å². The first kappa shape index (κ1) is 9.44. The van der Waals surface area contributed by atoms with E-state index in [2.05, 4.69) is 17.1 Å². The van der Waals surface area contributed by atoms with Gasteiger partial charge in [-0.2, -0.15) is 0 Å². The maximum atomic E-state index is 5.54. The summed E-state index contributed by atoms with van der Waals surface area (Å²) >= 11 is 0. The Morgan fingerprint density at radius 2 is 2.38 bits per heavy atom. The Balaban J connectivity index is 1.83. The van der Waals surface area contributed by atoms with Crippen LogP contribution in [0.5, 0.6) is 0 Å². The van der Waals surface area contributed by atoms with E-state index in [1.807, 2.05) is 0 Å². The van der Waals surface area contributed by atoms with Gasteiger partial charge in [0, 0.05) is 25.7 Å². The number of ether oxygens (including phenoxy) is 1. The Morgan fingerprint density at radius 1 is 1.46 bits per heavy atom. The van der Waals surface area contributed by atoms with E-state index < -0.39 is 0 Å². The van der Waals surface area contributed by atoms with E-state index in [0.29, 0.717) is 6.10 Å². The van der Waals surface area contributed by atoms with Gasteiger partial charge < -0.3 is 10.1 Å². The molecule has 0 aromatic rings. The monoisotopic (exact) mass is 184 g/mol. The second-order valence-electron chi connectivity index (χ2n) is 4.18. The number of morpholine rings is 1. The van der Waals surface area contributed by atoms with Crippen molar-refractivity contribution < 1.29 is 4.74 Å². The summed E-state index contributed by atoms with van der Waals surface area (Å²) in [6.07, 6.45) is 3.12. The van der Waals surface area contributed by atoms with Crippen molar-refractivity contribution in [2.45, 2.75) is 31.9 Å². The van der Waals surface area contributed by atoms with Crippen molar-refractivity contribution >= 4 is 0 Å². The molecular formula is C10H20N2O. The second-order valence-corrected chi connectivity index (χ2v) is 4.18. The van der Waals surface area contributed by atoms with Gasteiger partial charge in [-0.15, -0.1) is 0 Å². The summed E-state index contributed by atoms with van der Waals surface area (Å²) in [7, 11) is 0. The van der Waals surface area contributed by atoms with Gasteiger partial charge in [-0.1, -0.05) is 0 Å². The van der Waals surface area contributed by atoms with Gasteiger partial charge in [-0.25, -0.2) is 0 Å². The van der Waals surface area contributed by atoms with E-state index in [4.69, 9.17) is 4.74 Å². The minimum Gasteiger partial charge on any atom is -0.376 e. The third-order valence-corrected chi connectivity index (χ3v) is 3.06. The molecule has 0 aliphatic carbocycles. The predicted molar refractivity (Wildman–Crippen MR) is 52.9 cm³/mol. The normalized spacial score (nSPS) is 37.6. The first-order chi connectivity index (χ1) is 6.36. The molecule has 0 saturated carbocycles. The van der Waals surface area contributed by atoms with Gasteiger partial charge in [0.15, 0.2) is 0 Å². The fourth-order valence-corrected chi connectivity index (χ4v) is 2.32. The third kappa shape index (κ3) is 2.42. The number of nitrogens with zero attached hydrogens (tertiary/aromatic N) is 1. The van der Waals surface area contributed by atoms with Gasteiger partial charge in [0.2, 0.25) is 0 Å². The summed E-state index contributed by atoms with van der Waals surface area (Å²) in [5.74, 6) is 0. The Hall–Kier alpha value is -0.120. The zero-order valence-electron chi connectivity index (χ0n) is 8.46. The van der Waals surface area contributed by atoms with Crippen LogP contribution in [0.25, 0.3) is 0 Å². The SMILES string of the molecule is CC1CN(C2CCCNC2)CCO1. The van der Waals surface area contributed by atoms with Crippen molar-refractivity contribution in [3.8, 4) is 0 Å². The van der Waals surface area contributed by atoms with E-state index >= 15 is 0 Å². The van der Waals surface area contributed by atoms with Crippen molar-refractivity contribution in [2.75, 3.05) is 32.8 Å². The van der Waals surface area contributed by atoms with Gasteiger partial charge in [0.25, 0.3) is 0 Å². The van der Waals surface area contributed by atoms with Crippen LogP contribution in [-0.2, 0) is 4.74 Å². The van der Waals surface area contributed by atoms with Crippen LogP contribution in [0.4, 0.5) is 0 Å². The summed E-state index contributed by atoms with van der Waals surface area (Å²) < 4.78 is 5.54. The van der Waals surface area contributed by atoms with Gasteiger partial charge in [0.1, 0.15) is 0 Å². The summed E-state index contributed by atoms with van der Waals surface area (Å²) in [6, 6.07) is 0.764. The van der Waals surface area contributed by atoms with Gasteiger partial charge in [-0.3, -0.25) is 4.90 Å². The van der Waals surface area contributed by atoms with E-state index in [9.17, 15) is 0 Å². The number of nitrogens with one attached hydrogen (secondary N) is 1. The highest BCUT2D eigenvalue weighted by molar-refractivity contribution is 4.81. The lowest BCUT2D eigenvalue weighted by molar-refractivity contribution is -0.0371. The lowest BCUT2D eigenvalue weighted by Gasteiger charge is -2.39. The molecule has 0 amide bonds. The van der Waals surface area contributed by atoms with Crippen LogP contribution in [-0.4, -0.2) is 49.8 Å². The first-order valence-corrected chi connectivity index (χ1v) is 5.42. The summed E-state index contributed by atoms with van der Waals surface area (Å²) in [4.78, 5) is 2.58. The Bertz CT molecular complexity index is 157. The Labute approximate surface area is 80.4 Å². The maximum Gasteiger partial charge on any atom is 0.0674 e. The molecule has 0 aromatic heterocycles. The lowest BCUT2D eigenvalue weighted by atomic mass is 10.1. The number of piperidine rings is 1. The fourth-order valence-electron chi connectivity index (χ4n) is 2.32. The smallest absolute Gasteiger partial charge is 0.0674 e. The molecule has 2 saturated heterocycles. The number of hydrogen-bond acceptors (Lipinski definition) is 3. The zero-order valence-corrected chi connectivity index (χ0v) is 8.46. The van der Waals surface area contributed by atoms with Crippen LogP contribution >= 0.6 is 0 Å². The van der Waals surface area contributed by atoms with Crippen molar-refractivity contribution in [2.24, 2.45) is 0 Å². The van der Waals surface area contributed by atoms with Crippen molar-refractivity contribution in [3.05, 3.63) is 0 Å². The van der Waals surface area contributed by atoms with Crippen molar-refractivity contribution in [3.63, 3.8) is 0 Å². The van der Waals surface area contributed by atoms with E-state index in [1.165, 1.54) is 25.9 Å². The van der Waals surface area contributed by atoms with Gasteiger partial charge >= 0.3 is 0 Å². The molecule has 2 fully saturated rings. The second kappa shape index (κ2) is 4.40. The molecule has 0 aromatic carbocycles. The molecule has 13 heavy (non-hydrogen) atoms. The quantitative estimate of drug-likeness (QED) is 0.641. The standard InChI is InChI=1S/C10H20N2O/c1-9-8-12(5-6-13-9)10-3-2-4-11-7-10/h9-11H,2-8H2,1H3. The predicted octanol–water partition coefficient (Wildman–Crippen LogP) is 0.459. The molecule has 0 radical (unpaired) electrons. The molecule has 1 N–H and O–H groups in total. The Morgan fingerprint density at radius 3 is 3.08 bits per heavy atom. The Kier molecular flexibility index (Phi) is 3.19. The molecular weight excluding hydrogens is 164 g/mol. The highest BCUT2D eigenvalue weighted by Gasteiger charge is 2.25. The van der Waals surface area contributed by atoms with Crippen LogP contribution in [0.1, 0.15) is 19.8 Å². The lowest BCUT2D eigenvalue weighted by Crippen LogP contribution is -2.52. The van der Waals surface area contributed by atoms with Crippen molar-refractivity contribution in [1.29, 1.82) is 0 Å². The minimum atomic E-state index is 0.427. The van der Waals surface area contributed by atoms with Crippen LogP contribution in [0.3, 0.4) is 0 Å². The highest BCUT2D eigenvalue weighted by Crippen LogP contribution is 2.14.